The maximum atomic E-state index is 3.87. The molecule has 6 rings (SSSR count). The number of hydrogen-bond donors (Lipinski definition) is 3. The maximum Gasteiger partial charge on any atom is 0.0840 e. The second-order valence-corrected chi connectivity index (χ2v) is 13.4. The van der Waals surface area contributed by atoms with Crippen LogP contribution in [0.15, 0.2) is 169 Å². The van der Waals surface area contributed by atoms with Crippen molar-refractivity contribution < 1.29 is 0 Å². The van der Waals surface area contributed by atoms with Crippen molar-refractivity contribution in [3.63, 3.8) is 0 Å². The van der Waals surface area contributed by atoms with Crippen molar-refractivity contribution in [2.75, 3.05) is 7.05 Å². The smallest absolute Gasteiger partial charge is 0.0840 e. The standard InChI is InChI=1S/C44H45N3.C4H10/c1-31-15-11-12-20-40(31)43(46-33(3)35-16-7-5-8-17-35)38-27-23-34(24-28-38)32(2)41-21-13-14-22-42(41)47-44(45-4)39-29-25-37(26-30-39)36-18-9-6-10-19-36;1-3-4-2/h5-31,33,42,44-47H,1-4H3;3-4H2,1-2H3/b41-32+,43-40-;. The zero-order valence-corrected chi connectivity index (χ0v) is 31.2. The molecule has 0 aliphatic heterocycles. The molecule has 3 N–H and O–H groups in total. The van der Waals surface area contributed by atoms with E-state index in [1.807, 2.05) is 7.05 Å². The Kier molecular flexibility index (Phi) is 13.8. The lowest BCUT2D eigenvalue weighted by atomic mass is 9.89. The van der Waals surface area contributed by atoms with Crippen molar-refractivity contribution >= 4 is 11.3 Å². The van der Waals surface area contributed by atoms with Crippen LogP contribution in [0, 0.1) is 5.92 Å². The van der Waals surface area contributed by atoms with E-state index in [2.05, 4.69) is 208 Å². The average molecular weight is 674 g/mol. The zero-order chi connectivity index (χ0) is 36.0. The van der Waals surface area contributed by atoms with Crippen molar-refractivity contribution in [1.82, 2.24) is 16.0 Å². The van der Waals surface area contributed by atoms with Crippen molar-refractivity contribution in [2.24, 2.45) is 5.92 Å². The Hall–Kier alpha value is -4.96. The topological polar surface area (TPSA) is 36.1 Å². The lowest BCUT2D eigenvalue weighted by molar-refractivity contribution is 0.461. The van der Waals surface area contributed by atoms with Gasteiger partial charge in [0.2, 0.25) is 0 Å². The molecule has 2 aliphatic rings. The molecule has 4 aromatic rings. The summed E-state index contributed by atoms with van der Waals surface area (Å²) < 4.78 is 0. The molecule has 3 heteroatoms. The second kappa shape index (κ2) is 18.9. The fourth-order valence-corrected chi connectivity index (χ4v) is 6.45. The molecular weight excluding hydrogens is 619 g/mol. The van der Waals surface area contributed by atoms with Gasteiger partial charge in [-0.15, -0.1) is 0 Å². The van der Waals surface area contributed by atoms with Gasteiger partial charge >= 0.3 is 0 Å². The fourth-order valence-electron chi connectivity index (χ4n) is 6.45. The Labute approximate surface area is 307 Å². The molecule has 0 saturated carbocycles. The highest BCUT2D eigenvalue weighted by Gasteiger charge is 2.21. The van der Waals surface area contributed by atoms with Crippen molar-refractivity contribution in [2.45, 2.75) is 65.7 Å². The van der Waals surface area contributed by atoms with Gasteiger partial charge in [-0.1, -0.05) is 191 Å². The van der Waals surface area contributed by atoms with E-state index in [0.29, 0.717) is 5.92 Å². The molecule has 3 nitrogen and oxygen atoms in total. The maximum absolute atomic E-state index is 3.87. The van der Waals surface area contributed by atoms with Crippen LogP contribution in [-0.4, -0.2) is 13.1 Å². The summed E-state index contributed by atoms with van der Waals surface area (Å²) in [5.41, 5.74) is 12.4. The molecule has 0 fully saturated rings. The summed E-state index contributed by atoms with van der Waals surface area (Å²) in [6.07, 6.45) is 20.2. The summed E-state index contributed by atoms with van der Waals surface area (Å²) in [4.78, 5) is 0. The number of benzene rings is 4. The molecule has 0 spiro atoms. The summed E-state index contributed by atoms with van der Waals surface area (Å²) >= 11 is 0. The van der Waals surface area contributed by atoms with Crippen LogP contribution in [0.3, 0.4) is 0 Å². The molecule has 4 aromatic carbocycles. The Morgan fingerprint density at radius 3 is 1.80 bits per heavy atom. The number of rotatable bonds is 11. The van der Waals surface area contributed by atoms with Gasteiger partial charge in [-0.3, -0.25) is 5.32 Å². The van der Waals surface area contributed by atoms with Crippen LogP contribution in [0.25, 0.3) is 22.4 Å². The van der Waals surface area contributed by atoms with Gasteiger partial charge in [0.1, 0.15) is 0 Å². The minimum atomic E-state index is -0.00222. The Balaban J connectivity index is 0.00000120. The summed E-state index contributed by atoms with van der Waals surface area (Å²) in [5.74, 6) is 0.328. The molecule has 4 unspecified atom stereocenters. The lowest BCUT2D eigenvalue weighted by Gasteiger charge is -2.28. The van der Waals surface area contributed by atoms with Crippen molar-refractivity contribution in [1.29, 1.82) is 0 Å². The van der Waals surface area contributed by atoms with Crippen LogP contribution in [0.2, 0.25) is 0 Å². The van der Waals surface area contributed by atoms with Gasteiger partial charge in [0, 0.05) is 17.7 Å². The molecule has 2 aliphatic carbocycles. The molecule has 0 amide bonds. The van der Waals surface area contributed by atoms with E-state index in [-0.39, 0.29) is 18.2 Å². The summed E-state index contributed by atoms with van der Waals surface area (Å²) in [6.45, 7) is 11.1. The first kappa shape index (κ1) is 37.3. The third-order valence-electron chi connectivity index (χ3n) is 9.78. The molecular formula is C48H55N3. The third-order valence-corrected chi connectivity index (χ3v) is 9.78. The largest absolute Gasteiger partial charge is 0.378 e. The van der Waals surface area contributed by atoms with Crippen LogP contribution >= 0.6 is 0 Å². The van der Waals surface area contributed by atoms with Gasteiger partial charge < -0.3 is 10.6 Å². The predicted octanol–water partition coefficient (Wildman–Crippen LogP) is 11.8. The van der Waals surface area contributed by atoms with Gasteiger partial charge in [0.25, 0.3) is 0 Å². The lowest BCUT2D eigenvalue weighted by Crippen LogP contribution is -2.39. The summed E-state index contributed by atoms with van der Waals surface area (Å²) in [7, 11) is 2.01. The summed E-state index contributed by atoms with van der Waals surface area (Å²) in [6, 6.07) is 39.3. The van der Waals surface area contributed by atoms with Gasteiger partial charge in [-0.05, 0) is 71.0 Å². The normalized spacial score (nSPS) is 19.5. The highest BCUT2D eigenvalue weighted by molar-refractivity contribution is 5.76. The van der Waals surface area contributed by atoms with E-state index < -0.39 is 0 Å². The molecule has 0 heterocycles. The number of hydrogen-bond acceptors (Lipinski definition) is 3. The van der Waals surface area contributed by atoms with E-state index in [4.69, 9.17) is 0 Å². The fraction of sp³-hybridized carbons (Fsp3) is 0.250. The molecule has 262 valence electrons. The monoisotopic (exact) mass is 673 g/mol. The Bertz CT molecular complexity index is 1850. The second-order valence-electron chi connectivity index (χ2n) is 13.4. The van der Waals surface area contributed by atoms with E-state index in [0.717, 1.165) is 0 Å². The van der Waals surface area contributed by atoms with Gasteiger partial charge in [0.15, 0.2) is 0 Å². The zero-order valence-electron chi connectivity index (χ0n) is 31.2. The van der Waals surface area contributed by atoms with E-state index in [1.54, 1.807) is 0 Å². The molecule has 0 aromatic heterocycles. The molecule has 4 atom stereocenters. The van der Waals surface area contributed by atoms with E-state index in [9.17, 15) is 0 Å². The quantitative estimate of drug-likeness (QED) is 0.139. The molecule has 51 heavy (non-hydrogen) atoms. The molecule has 0 radical (unpaired) electrons. The van der Waals surface area contributed by atoms with Gasteiger partial charge in [0.05, 0.1) is 12.2 Å². The van der Waals surface area contributed by atoms with Crippen molar-refractivity contribution in [3.8, 4) is 11.1 Å². The number of allylic oxidation sites excluding steroid dienone is 8. The molecule has 0 bridgehead atoms. The predicted molar refractivity (Wildman–Crippen MR) is 221 cm³/mol. The first-order valence-corrected chi connectivity index (χ1v) is 18.6. The van der Waals surface area contributed by atoms with Gasteiger partial charge in [-0.2, -0.15) is 0 Å². The number of nitrogens with one attached hydrogen (secondary N) is 3. The SMILES string of the molecule is CCCC.CNC(NC1C=CC=C/C1=C(/C)c1ccc(/C(NC(C)c2ccccc2)=C2\C=CC=CC2C)cc1)c1ccc(-c2ccccc2)cc1. The first-order chi connectivity index (χ1) is 24.9. The third kappa shape index (κ3) is 9.85. The highest BCUT2D eigenvalue weighted by atomic mass is 15.1. The van der Waals surface area contributed by atoms with Crippen LogP contribution < -0.4 is 16.0 Å². The summed E-state index contributed by atoms with van der Waals surface area (Å²) in [5, 5.41) is 11.2. The van der Waals surface area contributed by atoms with Crippen LogP contribution in [0.5, 0.6) is 0 Å². The van der Waals surface area contributed by atoms with Crippen LogP contribution in [0.1, 0.15) is 81.9 Å². The van der Waals surface area contributed by atoms with Crippen LogP contribution in [-0.2, 0) is 0 Å². The van der Waals surface area contributed by atoms with E-state index in [1.165, 1.54) is 68.6 Å². The van der Waals surface area contributed by atoms with E-state index >= 15 is 0 Å². The minimum absolute atomic E-state index is 0.00222. The molecule has 0 saturated heterocycles. The van der Waals surface area contributed by atoms with Crippen molar-refractivity contribution in [3.05, 3.63) is 191 Å². The Morgan fingerprint density at radius 2 is 1.20 bits per heavy atom. The minimum Gasteiger partial charge on any atom is -0.378 e. The average Bonchev–Trinajstić information content (AvgIpc) is 3.20. The van der Waals surface area contributed by atoms with Gasteiger partial charge in [-0.25, -0.2) is 0 Å². The first-order valence-electron chi connectivity index (χ1n) is 18.6. The van der Waals surface area contributed by atoms with Crippen LogP contribution in [0.4, 0.5) is 0 Å². The number of unbranched alkanes of at least 4 members (excludes halogenated alkanes) is 1. The highest BCUT2D eigenvalue weighted by Crippen LogP contribution is 2.32. The Morgan fingerprint density at radius 1 is 0.627 bits per heavy atom.